The van der Waals surface area contributed by atoms with Gasteiger partial charge in [-0.05, 0) is 38.5 Å². The maximum Gasteiger partial charge on any atom is 0.273 e. The van der Waals surface area contributed by atoms with Crippen LogP contribution in [0.3, 0.4) is 0 Å². The van der Waals surface area contributed by atoms with Crippen molar-refractivity contribution in [2.24, 2.45) is 0 Å². The number of amides is 2. The number of carbonyl (C=O) groups excluding carboxylic acids is 2. The predicted octanol–water partition coefficient (Wildman–Crippen LogP) is 2.05. The van der Waals surface area contributed by atoms with Crippen molar-refractivity contribution in [2.75, 3.05) is 49.6 Å². The molecule has 0 unspecified atom stereocenters. The number of aromatic nitrogens is 2. The first-order chi connectivity index (χ1) is 16.8. The van der Waals surface area contributed by atoms with Gasteiger partial charge in [0.15, 0.2) is 0 Å². The van der Waals surface area contributed by atoms with Crippen LogP contribution in [-0.4, -0.2) is 82.1 Å². The van der Waals surface area contributed by atoms with Crippen molar-refractivity contribution in [1.82, 2.24) is 19.8 Å². The van der Waals surface area contributed by atoms with Crippen LogP contribution in [0.1, 0.15) is 55.4 Å². The van der Waals surface area contributed by atoms with Gasteiger partial charge in [-0.2, -0.15) is 4.98 Å². The predicted molar refractivity (Wildman–Crippen MR) is 133 cm³/mol. The van der Waals surface area contributed by atoms with Gasteiger partial charge < -0.3 is 29.9 Å². The van der Waals surface area contributed by atoms with Crippen molar-refractivity contribution in [2.45, 2.75) is 46.3 Å². The highest BCUT2D eigenvalue weighted by Crippen LogP contribution is 2.33. The Bertz CT molecular complexity index is 1070. The van der Waals surface area contributed by atoms with E-state index < -0.39 is 6.04 Å². The Hall–Kier alpha value is -3.40. The number of carbonyl (C=O) groups is 2. The number of piperazine rings is 1. The summed E-state index contributed by atoms with van der Waals surface area (Å²) >= 11 is 0. The first-order valence-corrected chi connectivity index (χ1v) is 12.1. The molecule has 0 saturated carbocycles. The minimum Gasteiger partial charge on any atom is -0.494 e. The molecule has 1 saturated heterocycles. The highest BCUT2D eigenvalue weighted by atomic mass is 16.5. The molecule has 2 amide bonds. The van der Waals surface area contributed by atoms with Crippen molar-refractivity contribution in [3.63, 3.8) is 0 Å². The second-order valence-corrected chi connectivity index (χ2v) is 9.10. The van der Waals surface area contributed by atoms with Crippen LogP contribution >= 0.6 is 0 Å². The molecular formula is C25H34N6O4. The number of hydrogen-bond acceptors (Lipinski definition) is 8. The molecule has 2 N–H and O–H groups in total. The molecule has 1 atom stereocenters. The van der Waals surface area contributed by atoms with Gasteiger partial charge in [-0.25, -0.2) is 4.98 Å². The molecule has 1 aromatic heterocycles. The quantitative estimate of drug-likeness (QED) is 0.588. The van der Waals surface area contributed by atoms with Gasteiger partial charge in [0.25, 0.3) is 5.91 Å². The first kappa shape index (κ1) is 24.7. The molecule has 0 spiro atoms. The van der Waals surface area contributed by atoms with E-state index in [-0.39, 0.29) is 24.5 Å². The second kappa shape index (κ2) is 10.5. The monoisotopic (exact) mass is 482 g/mol. The minimum absolute atomic E-state index is 0.0202. The van der Waals surface area contributed by atoms with E-state index in [2.05, 4.69) is 10.3 Å². The maximum atomic E-state index is 13.2. The fourth-order valence-electron chi connectivity index (χ4n) is 4.44. The van der Waals surface area contributed by atoms with Crippen LogP contribution in [0, 0.1) is 0 Å². The fourth-order valence-corrected chi connectivity index (χ4v) is 4.44. The molecule has 35 heavy (non-hydrogen) atoms. The van der Waals surface area contributed by atoms with Gasteiger partial charge in [0.2, 0.25) is 11.9 Å². The molecule has 3 heterocycles. The largest absolute Gasteiger partial charge is 0.494 e. The van der Waals surface area contributed by atoms with E-state index in [4.69, 9.17) is 9.72 Å². The third kappa shape index (κ3) is 5.17. The summed E-state index contributed by atoms with van der Waals surface area (Å²) in [6.45, 7) is 10.6. The zero-order valence-corrected chi connectivity index (χ0v) is 20.8. The molecule has 0 radical (unpaired) electrons. The van der Waals surface area contributed by atoms with Gasteiger partial charge in [-0.15, -0.1) is 0 Å². The average Bonchev–Trinajstić information content (AvgIpc) is 3.20. The number of anilines is 2. The summed E-state index contributed by atoms with van der Waals surface area (Å²) < 4.78 is 5.53. The van der Waals surface area contributed by atoms with Crippen LogP contribution < -0.4 is 15.0 Å². The maximum absolute atomic E-state index is 13.2. The fraction of sp³-hybridized carbons (Fsp3) is 0.520. The van der Waals surface area contributed by atoms with Gasteiger partial charge in [0.1, 0.15) is 17.3 Å². The third-order valence-electron chi connectivity index (χ3n) is 6.51. The number of benzene rings is 1. The van der Waals surface area contributed by atoms with Crippen LogP contribution in [0.5, 0.6) is 5.75 Å². The third-order valence-corrected chi connectivity index (χ3v) is 6.51. The highest BCUT2D eigenvalue weighted by Gasteiger charge is 2.35. The SMILES string of the molecule is CCOc1ccc([C@H](CO)Nc2nc(N3CCN(C(C)=O)CC3)nc3c2CN(C(C)C)C3=O)cc1. The molecule has 0 bridgehead atoms. The van der Waals surface area contributed by atoms with Gasteiger partial charge in [0, 0.05) is 44.7 Å². The standard InChI is InChI=1S/C25H34N6O4/c1-5-35-19-8-6-18(7-9-19)21(15-32)26-23-20-14-31(16(2)3)24(34)22(20)27-25(28-23)30-12-10-29(11-13-30)17(4)33/h6-9,16,21,32H,5,10-15H2,1-4H3,(H,26,27,28)/t21-/m0/s1. The van der Waals surface area contributed by atoms with Gasteiger partial charge in [-0.1, -0.05) is 12.1 Å². The topological polar surface area (TPSA) is 111 Å². The van der Waals surface area contributed by atoms with Gasteiger partial charge in [0.05, 0.1) is 25.8 Å². The molecule has 1 fully saturated rings. The number of nitrogens with one attached hydrogen (secondary N) is 1. The molecule has 10 heteroatoms. The molecule has 2 aromatic rings. The summed E-state index contributed by atoms with van der Waals surface area (Å²) in [6.07, 6.45) is 0. The van der Waals surface area contributed by atoms with Crippen LogP contribution in [0.15, 0.2) is 24.3 Å². The Balaban J connectivity index is 1.65. The number of fused-ring (bicyclic) bond motifs is 1. The van der Waals surface area contributed by atoms with E-state index in [1.807, 2.05) is 49.9 Å². The molecule has 2 aliphatic rings. The van der Waals surface area contributed by atoms with E-state index in [0.717, 1.165) is 16.9 Å². The van der Waals surface area contributed by atoms with Crippen LogP contribution in [0.4, 0.5) is 11.8 Å². The Morgan fingerprint density at radius 1 is 1.14 bits per heavy atom. The molecule has 2 aliphatic heterocycles. The lowest BCUT2D eigenvalue weighted by molar-refractivity contribution is -0.129. The van der Waals surface area contributed by atoms with E-state index in [1.54, 1.807) is 16.7 Å². The number of nitrogens with zero attached hydrogens (tertiary/aromatic N) is 5. The van der Waals surface area contributed by atoms with Crippen LogP contribution in [0.2, 0.25) is 0 Å². The summed E-state index contributed by atoms with van der Waals surface area (Å²) in [4.78, 5) is 39.9. The Morgan fingerprint density at radius 3 is 2.40 bits per heavy atom. The number of aliphatic hydroxyl groups is 1. The van der Waals surface area contributed by atoms with Crippen LogP contribution in [0.25, 0.3) is 0 Å². The van der Waals surface area contributed by atoms with E-state index >= 15 is 0 Å². The number of hydrogen-bond donors (Lipinski definition) is 2. The number of aliphatic hydroxyl groups excluding tert-OH is 1. The van der Waals surface area contributed by atoms with Crippen LogP contribution in [-0.2, 0) is 11.3 Å². The molecule has 4 rings (SSSR count). The normalized spacial score (nSPS) is 16.5. The Morgan fingerprint density at radius 2 is 1.83 bits per heavy atom. The molecule has 0 aliphatic carbocycles. The summed E-state index contributed by atoms with van der Waals surface area (Å²) in [5.74, 6) is 1.69. The molecule has 1 aromatic carbocycles. The van der Waals surface area contributed by atoms with Crippen molar-refractivity contribution in [3.8, 4) is 5.75 Å². The van der Waals surface area contributed by atoms with Crippen molar-refractivity contribution < 1.29 is 19.4 Å². The summed E-state index contributed by atoms with van der Waals surface area (Å²) in [7, 11) is 0. The van der Waals surface area contributed by atoms with Crippen molar-refractivity contribution in [1.29, 1.82) is 0 Å². The number of rotatable bonds is 8. The summed E-state index contributed by atoms with van der Waals surface area (Å²) in [5.41, 5.74) is 2.01. The van der Waals surface area contributed by atoms with Gasteiger partial charge in [-0.3, -0.25) is 9.59 Å². The minimum atomic E-state index is -0.421. The van der Waals surface area contributed by atoms with Crippen molar-refractivity contribution in [3.05, 3.63) is 41.1 Å². The molecular weight excluding hydrogens is 448 g/mol. The van der Waals surface area contributed by atoms with E-state index in [9.17, 15) is 14.7 Å². The highest BCUT2D eigenvalue weighted by molar-refractivity contribution is 5.98. The summed E-state index contributed by atoms with van der Waals surface area (Å²) in [6, 6.07) is 7.17. The van der Waals surface area contributed by atoms with Gasteiger partial charge >= 0.3 is 0 Å². The smallest absolute Gasteiger partial charge is 0.273 e. The molecule has 188 valence electrons. The lowest BCUT2D eigenvalue weighted by atomic mass is 10.1. The Labute approximate surface area is 205 Å². The lowest BCUT2D eigenvalue weighted by Crippen LogP contribution is -2.48. The summed E-state index contributed by atoms with van der Waals surface area (Å²) in [5, 5.41) is 13.6. The average molecular weight is 483 g/mol. The van der Waals surface area contributed by atoms with E-state index in [1.165, 1.54) is 0 Å². The number of ether oxygens (including phenoxy) is 1. The van der Waals surface area contributed by atoms with E-state index in [0.29, 0.717) is 56.8 Å². The lowest BCUT2D eigenvalue weighted by Gasteiger charge is -2.34. The first-order valence-electron chi connectivity index (χ1n) is 12.1. The van der Waals surface area contributed by atoms with Crippen molar-refractivity contribution >= 4 is 23.6 Å². The molecule has 10 nitrogen and oxygen atoms in total. The zero-order chi connectivity index (χ0) is 25.1. The Kier molecular flexibility index (Phi) is 7.39. The second-order valence-electron chi connectivity index (χ2n) is 9.10. The zero-order valence-electron chi connectivity index (χ0n) is 20.8.